The van der Waals surface area contributed by atoms with Crippen molar-refractivity contribution in [2.75, 3.05) is 28.4 Å². The summed E-state index contributed by atoms with van der Waals surface area (Å²) in [6.45, 7) is 1.37. The lowest BCUT2D eigenvalue weighted by Gasteiger charge is -2.51. The fourth-order valence-electron chi connectivity index (χ4n) is 5.40. The normalized spacial score (nSPS) is 23.9. The fraction of sp³-hybridized carbons (Fsp3) is 0.324. The van der Waals surface area contributed by atoms with Crippen molar-refractivity contribution < 1.29 is 83.4 Å². The molecule has 0 amide bonds. The third-order valence-corrected chi connectivity index (χ3v) is 8.03. The molecule has 1 fully saturated rings. The zero-order valence-corrected chi connectivity index (χ0v) is 28.2. The highest BCUT2D eigenvalue weighted by atomic mass is 17.3. The van der Waals surface area contributed by atoms with Gasteiger partial charge in [0.1, 0.15) is 34.7 Å². The Balaban J connectivity index is 1.67. The maximum Gasteiger partial charge on any atom is 0.373 e. The predicted molar refractivity (Wildman–Crippen MR) is 175 cm³/mol. The van der Waals surface area contributed by atoms with Gasteiger partial charge < -0.3 is 63.8 Å². The molecule has 6 atom stereocenters. The number of hydrogen-bond acceptors (Lipinski definition) is 18. The summed E-state index contributed by atoms with van der Waals surface area (Å²) in [5, 5.41) is 72.3. The number of benzene rings is 3. The topological polar surface area (TPSA) is 255 Å². The lowest BCUT2D eigenvalue weighted by Crippen LogP contribution is -2.75. The number of methoxy groups -OCH3 is 3. The van der Waals surface area contributed by atoms with Crippen molar-refractivity contribution in [3.05, 3.63) is 70.4 Å². The van der Waals surface area contributed by atoms with Gasteiger partial charge in [-0.2, -0.15) is 14.7 Å². The van der Waals surface area contributed by atoms with Crippen molar-refractivity contribution in [3.63, 3.8) is 0 Å². The second kappa shape index (κ2) is 15.2. The zero-order valence-electron chi connectivity index (χ0n) is 28.2. The van der Waals surface area contributed by atoms with Gasteiger partial charge in [0.05, 0.1) is 20.3 Å². The summed E-state index contributed by atoms with van der Waals surface area (Å²) < 4.78 is 33.8. The van der Waals surface area contributed by atoms with E-state index >= 15 is 0 Å². The minimum absolute atomic E-state index is 0.0131. The van der Waals surface area contributed by atoms with Crippen LogP contribution < -0.4 is 14.9 Å². The van der Waals surface area contributed by atoms with Crippen molar-refractivity contribution in [3.8, 4) is 51.6 Å². The first-order valence-corrected chi connectivity index (χ1v) is 15.2. The number of aromatic hydroxyl groups is 5. The van der Waals surface area contributed by atoms with Gasteiger partial charge >= 0.3 is 11.8 Å². The van der Waals surface area contributed by atoms with Gasteiger partial charge in [0, 0.05) is 31.9 Å². The second-order valence-corrected chi connectivity index (χ2v) is 11.2. The van der Waals surface area contributed by atoms with Crippen molar-refractivity contribution in [1.82, 2.24) is 0 Å². The third kappa shape index (κ3) is 6.89. The molecule has 18 nitrogen and oxygen atoms in total. The molecule has 4 aromatic rings. The summed E-state index contributed by atoms with van der Waals surface area (Å²) in [4.78, 5) is 35.3. The summed E-state index contributed by atoms with van der Waals surface area (Å²) >= 11 is 0. The van der Waals surface area contributed by atoms with E-state index in [0.717, 1.165) is 45.6 Å². The number of phenolic OH excluding ortho intramolecular Hbond substituents is 5. The molecule has 18 heteroatoms. The lowest BCUT2D eigenvalue weighted by molar-refractivity contribution is -0.635. The Hall–Kier alpha value is -5.15. The molecule has 7 N–H and O–H groups in total. The van der Waals surface area contributed by atoms with Crippen LogP contribution in [0.2, 0.25) is 0 Å². The van der Waals surface area contributed by atoms with E-state index in [0.29, 0.717) is 5.56 Å². The van der Waals surface area contributed by atoms with E-state index in [1.807, 2.05) is 0 Å². The quantitative estimate of drug-likeness (QED) is 0.0451. The molecule has 52 heavy (non-hydrogen) atoms. The average molecular weight is 733 g/mol. The number of hydrogen-bond donors (Lipinski definition) is 7. The van der Waals surface area contributed by atoms with Gasteiger partial charge in [-0.05, 0) is 48.9 Å². The van der Waals surface area contributed by atoms with Crippen molar-refractivity contribution >= 4 is 17.0 Å². The molecule has 0 radical (unpaired) electrons. The average Bonchev–Trinajstić information content (AvgIpc) is 3.12. The molecule has 0 unspecified atom stereocenters. The highest BCUT2D eigenvalue weighted by molar-refractivity contribution is 5.88. The number of ether oxygens (including phenoxy) is 5. The highest BCUT2D eigenvalue weighted by Crippen LogP contribution is 2.44. The van der Waals surface area contributed by atoms with Gasteiger partial charge in [0.2, 0.25) is 11.2 Å². The summed E-state index contributed by atoms with van der Waals surface area (Å²) in [5.41, 5.74) is -0.882. The van der Waals surface area contributed by atoms with Crippen LogP contribution >= 0.6 is 0 Å². The minimum Gasteiger partial charge on any atom is -0.508 e. The molecule has 0 spiro atoms. The Morgan fingerprint density at radius 3 is 2.23 bits per heavy atom. The number of aliphatic hydroxyl groups excluding tert-OH is 2. The summed E-state index contributed by atoms with van der Waals surface area (Å²) in [7, 11) is 4.53. The Morgan fingerprint density at radius 1 is 0.846 bits per heavy atom. The van der Waals surface area contributed by atoms with Crippen molar-refractivity contribution in [1.29, 1.82) is 0 Å². The van der Waals surface area contributed by atoms with E-state index in [1.54, 1.807) is 0 Å². The molecule has 1 aliphatic rings. The Bertz CT molecular complexity index is 1990. The molecule has 1 saturated heterocycles. The summed E-state index contributed by atoms with van der Waals surface area (Å²) in [6.07, 6.45) is -4.02. The molecule has 0 bridgehead atoms. The van der Waals surface area contributed by atoms with Gasteiger partial charge in [-0.25, -0.2) is 4.89 Å². The molecule has 280 valence electrons. The zero-order chi connectivity index (χ0) is 38.0. The van der Waals surface area contributed by atoms with Crippen LogP contribution in [0, 0.1) is 0 Å². The molecule has 0 aliphatic carbocycles. The smallest absolute Gasteiger partial charge is 0.373 e. The van der Waals surface area contributed by atoms with Gasteiger partial charge in [0.15, 0.2) is 28.8 Å². The van der Waals surface area contributed by atoms with Crippen LogP contribution in [-0.2, 0) is 33.8 Å². The van der Waals surface area contributed by atoms with Crippen LogP contribution in [0.5, 0.6) is 40.2 Å². The Labute approximate surface area is 294 Å². The van der Waals surface area contributed by atoms with E-state index in [1.165, 1.54) is 50.5 Å². The number of fused-ring (bicyclic) bond motifs is 1. The maximum atomic E-state index is 14.0. The molecule has 0 saturated carbocycles. The minimum atomic E-state index is -2.69. The molecular weight excluding hydrogens is 696 g/mol. The van der Waals surface area contributed by atoms with Crippen LogP contribution in [0.25, 0.3) is 28.4 Å². The summed E-state index contributed by atoms with van der Waals surface area (Å²) in [5.74, 6) is -8.56. The molecule has 5 rings (SSSR count). The number of rotatable bonds is 13. The Kier molecular flexibility index (Phi) is 11.1. The first-order valence-electron chi connectivity index (χ1n) is 15.2. The van der Waals surface area contributed by atoms with Crippen molar-refractivity contribution in [2.24, 2.45) is 0 Å². The SMILES string of the molecule is COO[C@@]1(OC)[C@@H](O)[C@H](O)[C@@H](C)O[C@]1(OC)OO[C@@H](/C=C/c1ccc(O)c(OC)c1)Oc1c(-c2ccc(O)c(O)c2)oc2cc(O)cc(O)c2c1=O. The molecule has 1 aliphatic heterocycles. The molecule has 3 aromatic carbocycles. The van der Waals surface area contributed by atoms with E-state index in [9.17, 15) is 40.5 Å². The molecule has 2 heterocycles. The standard InChI is InChI=1S/C34H36O18/c1-16-28(40)32(42)33(44-3,51-46-5)34(45-4,49-16)52-50-26(11-7-17-6-9-21(37)24(12-17)43-2)48-31-29(41)27-23(39)14-19(35)15-25(27)47-30(31)18-8-10-20(36)22(38)13-18/h6-16,26,28,32,35-40,42H,1-5H3/b11-7+/t16-,26+,28-,32+,33+,34+/m1/s1. The maximum absolute atomic E-state index is 14.0. The van der Waals surface area contributed by atoms with Crippen LogP contribution in [0.15, 0.2) is 63.8 Å². The predicted octanol–water partition coefficient (Wildman–Crippen LogP) is 2.72. The fourth-order valence-corrected chi connectivity index (χ4v) is 5.40. The van der Waals surface area contributed by atoms with Gasteiger partial charge in [0.25, 0.3) is 6.29 Å². The largest absolute Gasteiger partial charge is 0.508 e. The Morgan fingerprint density at radius 2 is 1.58 bits per heavy atom. The highest BCUT2D eigenvalue weighted by Gasteiger charge is 2.71. The second-order valence-electron chi connectivity index (χ2n) is 11.2. The van der Waals surface area contributed by atoms with E-state index in [4.69, 9.17) is 47.7 Å². The lowest BCUT2D eigenvalue weighted by atomic mass is 9.94. The van der Waals surface area contributed by atoms with Crippen LogP contribution in [0.1, 0.15) is 12.5 Å². The monoisotopic (exact) mass is 732 g/mol. The van der Waals surface area contributed by atoms with Gasteiger partial charge in [-0.3, -0.25) is 4.79 Å². The molecule has 1 aromatic heterocycles. The summed E-state index contributed by atoms with van der Waals surface area (Å²) in [6, 6.07) is 9.68. The molecular formula is C34H36O18. The number of aliphatic hydroxyl groups is 2. The van der Waals surface area contributed by atoms with E-state index in [-0.39, 0.29) is 28.4 Å². The first kappa shape index (κ1) is 38.1. The van der Waals surface area contributed by atoms with Crippen LogP contribution in [-0.4, -0.2) is 101 Å². The van der Waals surface area contributed by atoms with Crippen molar-refractivity contribution in [2.45, 2.75) is 43.3 Å². The van der Waals surface area contributed by atoms with Crippen LogP contribution in [0.4, 0.5) is 0 Å². The van der Waals surface area contributed by atoms with Crippen LogP contribution in [0.3, 0.4) is 0 Å². The third-order valence-electron chi connectivity index (χ3n) is 8.03. The number of phenols is 5. The van der Waals surface area contributed by atoms with Gasteiger partial charge in [-0.1, -0.05) is 12.1 Å². The van der Waals surface area contributed by atoms with E-state index < -0.39 is 75.9 Å². The van der Waals surface area contributed by atoms with E-state index in [2.05, 4.69) is 0 Å². The first-order chi connectivity index (χ1) is 24.7. The van der Waals surface area contributed by atoms with Gasteiger partial charge in [-0.15, -0.1) is 0 Å².